The number of carbonyl (C=O) groups is 1. The van der Waals surface area contributed by atoms with Gasteiger partial charge < -0.3 is 14.4 Å². The van der Waals surface area contributed by atoms with Crippen molar-refractivity contribution in [1.82, 2.24) is 4.90 Å². The van der Waals surface area contributed by atoms with Gasteiger partial charge in [-0.05, 0) is 13.5 Å². The lowest BCUT2D eigenvalue weighted by Crippen LogP contribution is -2.41. The number of methoxy groups -OCH3 is 2. The highest BCUT2D eigenvalue weighted by atomic mass is 19.3. The normalized spacial score (nSPS) is 18.4. The smallest absolute Gasteiger partial charge is 0.251 e. The second-order valence-electron chi connectivity index (χ2n) is 5.20. The van der Waals surface area contributed by atoms with Gasteiger partial charge in [0.2, 0.25) is 5.91 Å². The highest BCUT2D eigenvalue weighted by Gasteiger charge is 2.36. The molecule has 0 aromatic heterocycles. The molecule has 0 saturated carbocycles. The molecule has 0 radical (unpaired) electrons. The Labute approximate surface area is 128 Å². The van der Waals surface area contributed by atoms with Crippen molar-refractivity contribution >= 4 is 11.6 Å². The minimum Gasteiger partial charge on any atom is -0.497 e. The van der Waals surface area contributed by atoms with Crippen LogP contribution in [0.5, 0.6) is 11.5 Å². The van der Waals surface area contributed by atoms with Crippen molar-refractivity contribution in [1.29, 1.82) is 0 Å². The lowest BCUT2D eigenvalue weighted by Gasteiger charge is -2.23. The molecule has 122 valence electrons. The second kappa shape index (κ2) is 6.91. The molecule has 0 aliphatic carbocycles. The Kier molecular flexibility index (Phi) is 5.18. The van der Waals surface area contributed by atoms with Crippen LogP contribution in [0.25, 0.3) is 0 Å². The van der Waals surface area contributed by atoms with Crippen LogP contribution in [0.3, 0.4) is 0 Å². The number of rotatable bonds is 6. The number of alkyl halides is 2. The molecule has 1 amide bonds. The monoisotopic (exact) mass is 314 g/mol. The average molecular weight is 314 g/mol. The van der Waals surface area contributed by atoms with E-state index < -0.39 is 19.0 Å². The first kappa shape index (κ1) is 16.5. The van der Waals surface area contributed by atoms with Crippen LogP contribution in [0.15, 0.2) is 18.2 Å². The van der Waals surface area contributed by atoms with Crippen molar-refractivity contribution in [2.45, 2.75) is 18.9 Å². The molecular weight excluding hydrogens is 294 g/mol. The van der Waals surface area contributed by atoms with Crippen LogP contribution in [0.4, 0.5) is 14.5 Å². The maximum absolute atomic E-state index is 12.5. The highest BCUT2D eigenvalue weighted by Crippen LogP contribution is 2.31. The van der Waals surface area contributed by atoms with Gasteiger partial charge in [-0.25, -0.2) is 8.78 Å². The highest BCUT2D eigenvalue weighted by molar-refractivity contribution is 5.99. The van der Waals surface area contributed by atoms with Gasteiger partial charge in [0, 0.05) is 24.7 Å². The predicted octanol–water partition coefficient (Wildman–Crippen LogP) is 2.01. The van der Waals surface area contributed by atoms with Gasteiger partial charge in [0.1, 0.15) is 11.5 Å². The van der Waals surface area contributed by atoms with Crippen molar-refractivity contribution in [2.75, 3.05) is 39.3 Å². The SMILES string of the molecule is COc1cc(OC)cc(N2CC[C@@H](N(C)CC(F)F)C2=O)c1. The summed E-state index contributed by atoms with van der Waals surface area (Å²) >= 11 is 0. The molecule has 22 heavy (non-hydrogen) atoms. The van der Waals surface area contributed by atoms with Gasteiger partial charge in [0.05, 0.1) is 32.5 Å². The molecular formula is C15H20F2N2O3. The zero-order valence-electron chi connectivity index (χ0n) is 12.9. The summed E-state index contributed by atoms with van der Waals surface area (Å²) in [7, 11) is 4.61. The summed E-state index contributed by atoms with van der Waals surface area (Å²) in [6.45, 7) is 0.0685. The van der Waals surface area contributed by atoms with Gasteiger partial charge in [-0.1, -0.05) is 0 Å². The van der Waals surface area contributed by atoms with E-state index in [1.54, 1.807) is 30.1 Å². The van der Waals surface area contributed by atoms with Crippen LogP contribution in [0.2, 0.25) is 0 Å². The molecule has 5 nitrogen and oxygen atoms in total. The Morgan fingerprint density at radius 1 is 1.27 bits per heavy atom. The van der Waals surface area contributed by atoms with Crippen LogP contribution in [-0.4, -0.2) is 57.6 Å². The Morgan fingerprint density at radius 2 is 1.86 bits per heavy atom. The maximum atomic E-state index is 12.5. The Balaban J connectivity index is 2.19. The van der Waals surface area contributed by atoms with Crippen LogP contribution in [0.1, 0.15) is 6.42 Å². The Bertz CT molecular complexity index is 517. The number of hydrogen-bond acceptors (Lipinski definition) is 4. The van der Waals surface area contributed by atoms with Gasteiger partial charge >= 0.3 is 0 Å². The number of hydrogen-bond donors (Lipinski definition) is 0. The van der Waals surface area contributed by atoms with E-state index in [-0.39, 0.29) is 5.91 Å². The molecule has 0 bridgehead atoms. The number of anilines is 1. The van der Waals surface area contributed by atoms with Gasteiger partial charge in [0.15, 0.2) is 0 Å². The molecule has 1 aromatic rings. The average Bonchev–Trinajstić information content (AvgIpc) is 2.87. The summed E-state index contributed by atoms with van der Waals surface area (Å²) in [5.74, 6) is 0.969. The minimum absolute atomic E-state index is 0.182. The summed E-state index contributed by atoms with van der Waals surface area (Å²) in [4.78, 5) is 15.5. The van der Waals surface area contributed by atoms with Crippen LogP contribution < -0.4 is 14.4 Å². The molecule has 0 spiro atoms. The van der Waals surface area contributed by atoms with E-state index in [2.05, 4.69) is 0 Å². The summed E-state index contributed by atoms with van der Waals surface area (Å²) in [6.07, 6.45) is -1.94. The van der Waals surface area contributed by atoms with E-state index in [9.17, 15) is 13.6 Å². The van der Waals surface area contributed by atoms with E-state index in [0.29, 0.717) is 30.2 Å². The number of likely N-dealkylation sites (N-methyl/N-ethyl adjacent to an activating group) is 1. The summed E-state index contributed by atoms with van der Waals surface area (Å²) < 4.78 is 35.4. The number of nitrogens with zero attached hydrogens (tertiary/aromatic N) is 2. The number of amides is 1. The van der Waals surface area contributed by atoms with Crippen molar-refractivity contribution in [2.24, 2.45) is 0 Å². The number of halogens is 2. The predicted molar refractivity (Wildman–Crippen MR) is 78.9 cm³/mol. The molecule has 0 unspecified atom stereocenters. The lowest BCUT2D eigenvalue weighted by atomic mass is 10.2. The third-order valence-electron chi connectivity index (χ3n) is 3.78. The summed E-state index contributed by atoms with van der Waals surface area (Å²) in [5.41, 5.74) is 0.647. The lowest BCUT2D eigenvalue weighted by molar-refractivity contribution is -0.121. The van der Waals surface area contributed by atoms with Crippen molar-refractivity contribution in [3.05, 3.63) is 18.2 Å². The van der Waals surface area contributed by atoms with Gasteiger partial charge in [-0.15, -0.1) is 0 Å². The summed E-state index contributed by atoms with van der Waals surface area (Å²) in [6, 6.07) is 4.65. The van der Waals surface area contributed by atoms with E-state index >= 15 is 0 Å². The molecule has 1 aromatic carbocycles. The fourth-order valence-corrected chi connectivity index (χ4v) is 2.62. The van der Waals surface area contributed by atoms with Crippen LogP contribution >= 0.6 is 0 Å². The zero-order valence-corrected chi connectivity index (χ0v) is 12.9. The van der Waals surface area contributed by atoms with Crippen LogP contribution in [0, 0.1) is 0 Å². The van der Waals surface area contributed by atoms with Gasteiger partial charge in [0.25, 0.3) is 6.43 Å². The van der Waals surface area contributed by atoms with E-state index in [4.69, 9.17) is 9.47 Å². The minimum atomic E-state index is -2.45. The van der Waals surface area contributed by atoms with E-state index in [1.165, 1.54) is 19.1 Å². The number of carbonyl (C=O) groups excluding carboxylic acids is 1. The molecule has 1 atom stereocenters. The van der Waals surface area contributed by atoms with Gasteiger partial charge in [-0.3, -0.25) is 9.69 Å². The van der Waals surface area contributed by atoms with Crippen LogP contribution in [-0.2, 0) is 4.79 Å². The summed E-state index contributed by atoms with van der Waals surface area (Å²) in [5, 5.41) is 0. The number of ether oxygens (including phenoxy) is 2. The molecule has 0 N–H and O–H groups in total. The van der Waals surface area contributed by atoms with Crippen molar-refractivity contribution in [3.8, 4) is 11.5 Å². The molecule has 7 heteroatoms. The largest absolute Gasteiger partial charge is 0.497 e. The number of benzene rings is 1. The molecule has 1 aliphatic heterocycles. The fraction of sp³-hybridized carbons (Fsp3) is 0.533. The topological polar surface area (TPSA) is 42.0 Å². The Morgan fingerprint density at radius 3 is 2.36 bits per heavy atom. The molecule has 2 rings (SSSR count). The maximum Gasteiger partial charge on any atom is 0.251 e. The standard InChI is InChI=1S/C15H20F2N2O3/c1-18(9-14(16)17)13-4-5-19(15(13)20)10-6-11(21-2)8-12(7-10)22-3/h6-8,13-14H,4-5,9H2,1-3H3/t13-/m1/s1. The quantitative estimate of drug-likeness (QED) is 0.805. The molecule has 1 heterocycles. The molecule has 1 saturated heterocycles. The van der Waals surface area contributed by atoms with E-state index in [0.717, 1.165) is 0 Å². The molecule has 1 fully saturated rings. The third kappa shape index (κ3) is 3.47. The Hall–Kier alpha value is -1.89. The zero-order chi connectivity index (χ0) is 16.3. The van der Waals surface area contributed by atoms with E-state index in [1.807, 2.05) is 0 Å². The second-order valence-corrected chi connectivity index (χ2v) is 5.20. The third-order valence-corrected chi connectivity index (χ3v) is 3.78. The first-order valence-corrected chi connectivity index (χ1v) is 6.99. The fourth-order valence-electron chi connectivity index (χ4n) is 2.62. The van der Waals surface area contributed by atoms with Crippen molar-refractivity contribution in [3.63, 3.8) is 0 Å². The van der Waals surface area contributed by atoms with Crippen molar-refractivity contribution < 1.29 is 23.0 Å². The first-order chi connectivity index (χ1) is 10.5. The van der Waals surface area contributed by atoms with Gasteiger partial charge in [-0.2, -0.15) is 0 Å². The first-order valence-electron chi connectivity index (χ1n) is 6.99. The molecule has 1 aliphatic rings.